The number of nitrogens with one attached hydrogen (secondary N) is 1. The summed E-state index contributed by atoms with van der Waals surface area (Å²) in [5, 5.41) is 3.67. The topological polar surface area (TPSA) is 67.8 Å². The van der Waals surface area contributed by atoms with Crippen molar-refractivity contribution in [3.63, 3.8) is 0 Å². The van der Waals surface area contributed by atoms with E-state index in [9.17, 15) is 4.79 Å². The van der Waals surface area contributed by atoms with E-state index < -0.39 is 0 Å². The van der Waals surface area contributed by atoms with Gasteiger partial charge < -0.3 is 5.32 Å². The lowest BCUT2D eigenvalue weighted by Gasteiger charge is -2.08. The molecule has 0 spiro atoms. The Bertz CT molecular complexity index is 1030. The average Bonchev–Trinajstić information content (AvgIpc) is 2.68. The standard InChI is InChI=1S/C20H14N4O/c25-20(24-18-13-21-11-12-22-18)16-8-4-7-15-9-10-17(23-19(15)16)14-5-2-1-3-6-14/h1-13H,(H,22,24,25). The van der Waals surface area contributed by atoms with E-state index in [0.717, 1.165) is 16.6 Å². The number of pyridine rings is 1. The highest BCUT2D eigenvalue weighted by molar-refractivity contribution is 6.11. The van der Waals surface area contributed by atoms with Crippen LogP contribution in [-0.2, 0) is 0 Å². The molecular formula is C20H14N4O. The van der Waals surface area contributed by atoms with Crippen molar-refractivity contribution in [1.82, 2.24) is 15.0 Å². The maximum absolute atomic E-state index is 12.7. The summed E-state index contributed by atoms with van der Waals surface area (Å²) in [6, 6.07) is 19.4. The zero-order chi connectivity index (χ0) is 17.1. The summed E-state index contributed by atoms with van der Waals surface area (Å²) in [5.41, 5.74) is 2.99. The maximum atomic E-state index is 12.7. The minimum absolute atomic E-state index is 0.260. The van der Waals surface area contributed by atoms with Crippen molar-refractivity contribution in [2.24, 2.45) is 0 Å². The second-order valence-electron chi connectivity index (χ2n) is 5.48. The van der Waals surface area contributed by atoms with Gasteiger partial charge in [-0.1, -0.05) is 48.5 Å². The number of aromatic nitrogens is 3. The first-order chi connectivity index (χ1) is 12.3. The molecule has 2 heterocycles. The van der Waals surface area contributed by atoms with Crippen LogP contribution in [0.15, 0.2) is 79.3 Å². The highest BCUT2D eigenvalue weighted by Crippen LogP contribution is 2.23. The predicted molar refractivity (Wildman–Crippen MR) is 97.2 cm³/mol. The SMILES string of the molecule is O=C(Nc1cnccn1)c1cccc2ccc(-c3ccccc3)nc12. The van der Waals surface area contributed by atoms with Crippen LogP contribution in [-0.4, -0.2) is 20.9 Å². The molecule has 5 heteroatoms. The van der Waals surface area contributed by atoms with E-state index in [1.54, 1.807) is 12.3 Å². The molecule has 0 saturated heterocycles. The van der Waals surface area contributed by atoms with Gasteiger partial charge in [0.05, 0.1) is 23.0 Å². The number of rotatable bonds is 3. The lowest BCUT2D eigenvalue weighted by Crippen LogP contribution is -2.14. The average molecular weight is 326 g/mol. The van der Waals surface area contributed by atoms with E-state index >= 15 is 0 Å². The largest absolute Gasteiger partial charge is 0.305 e. The Morgan fingerprint density at radius 1 is 0.880 bits per heavy atom. The van der Waals surface area contributed by atoms with Crippen LogP contribution in [0.5, 0.6) is 0 Å². The molecule has 2 aromatic heterocycles. The summed E-state index contributed by atoms with van der Waals surface area (Å²) < 4.78 is 0. The van der Waals surface area contributed by atoms with Crippen LogP contribution in [0.25, 0.3) is 22.2 Å². The molecule has 0 aliphatic carbocycles. The van der Waals surface area contributed by atoms with Gasteiger partial charge in [0.2, 0.25) is 0 Å². The van der Waals surface area contributed by atoms with Gasteiger partial charge in [-0.3, -0.25) is 9.78 Å². The highest BCUT2D eigenvalue weighted by atomic mass is 16.1. The van der Waals surface area contributed by atoms with Crippen LogP contribution >= 0.6 is 0 Å². The summed E-state index contributed by atoms with van der Waals surface area (Å²) in [6.45, 7) is 0. The van der Waals surface area contributed by atoms with Crippen LogP contribution in [0.3, 0.4) is 0 Å². The molecule has 0 saturated carbocycles. The summed E-state index contributed by atoms with van der Waals surface area (Å²) in [7, 11) is 0. The molecule has 0 bridgehead atoms. The van der Waals surface area contributed by atoms with Crippen molar-refractivity contribution in [2.75, 3.05) is 5.32 Å². The first kappa shape index (κ1) is 15.0. The number of benzene rings is 2. The molecule has 4 rings (SSSR count). The fraction of sp³-hybridized carbons (Fsp3) is 0. The molecule has 120 valence electrons. The molecule has 25 heavy (non-hydrogen) atoms. The highest BCUT2D eigenvalue weighted by Gasteiger charge is 2.13. The number of amides is 1. The van der Waals surface area contributed by atoms with Gasteiger partial charge in [0.15, 0.2) is 5.82 Å². The maximum Gasteiger partial charge on any atom is 0.259 e. The Balaban J connectivity index is 1.77. The number of hydrogen-bond acceptors (Lipinski definition) is 4. The summed E-state index contributed by atoms with van der Waals surface area (Å²) in [6.07, 6.45) is 4.59. The summed E-state index contributed by atoms with van der Waals surface area (Å²) in [5.74, 6) is 0.146. The first-order valence-electron chi connectivity index (χ1n) is 7.84. The predicted octanol–water partition coefficient (Wildman–Crippen LogP) is 3.94. The van der Waals surface area contributed by atoms with Crippen LogP contribution in [0.2, 0.25) is 0 Å². The van der Waals surface area contributed by atoms with Crippen molar-refractivity contribution in [2.45, 2.75) is 0 Å². The number of para-hydroxylation sites is 1. The van der Waals surface area contributed by atoms with E-state index in [0.29, 0.717) is 16.9 Å². The number of hydrogen-bond donors (Lipinski definition) is 1. The Morgan fingerprint density at radius 2 is 1.76 bits per heavy atom. The second kappa shape index (κ2) is 6.49. The van der Waals surface area contributed by atoms with E-state index in [1.807, 2.05) is 54.6 Å². The zero-order valence-electron chi connectivity index (χ0n) is 13.3. The first-order valence-corrected chi connectivity index (χ1v) is 7.84. The van der Waals surface area contributed by atoms with Crippen LogP contribution in [0.4, 0.5) is 5.82 Å². The zero-order valence-corrected chi connectivity index (χ0v) is 13.3. The van der Waals surface area contributed by atoms with Crippen molar-refractivity contribution < 1.29 is 4.79 Å². The van der Waals surface area contributed by atoms with Gasteiger partial charge in [-0.25, -0.2) is 9.97 Å². The van der Waals surface area contributed by atoms with Gasteiger partial charge >= 0.3 is 0 Å². The van der Waals surface area contributed by atoms with Gasteiger partial charge in [-0.15, -0.1) is 0 Å². The minimum Gasteiger partial charge on any atom is -0.305 e. The van der Waals surface area contributed by atoms with Crippen molar-refractivity contribution in [3.05, 3.63) is 84.8 Å². The Morgan fingerprint density at radius 3 is 2.56 bits per heavy atom. The molecule has 1 N–H and O–H groups in total. The molecule has 0 unspecified atom stereocenters. The van der Waals surface area contributed by atoms with Gasteiger partial charge in [-0.05, 0) is 12.1 Å². The van der Waals surface area contributed by atoms with Crippen LogP contribution < -0.4 is 5.32 Å². The van der Waals surface area contributed by atoms with Gasteiger partial charge in [0.1, 0.15) is 0 Å². The van der Waals surface area contributed by atoms with Crippen molar-refractivity contribution in [3.8, 4) is 11.3 Å². The summed E-state index contributed by atoms with van der Waals surface area (Å²) >= 11 is 0. The second-order valence-corrected chi connectivity index (χ2v) is 5.48. The lowest BCUT2D eigenvalue weighted by atomic mass is 10.1. The minimum atomic E-state index is -0.260. The van der Waals surface area contributed by atoms with Crippen molar-refractivity contribution in [1.29, 1.82) is 0 Å². The molecule has 0 atom stereocenters. The quantitative estimate of drug-likeness (QED) is 0.619. The van der Waals surface area contributed by atoms with E-state index in [2.05, 4.69) is 15.3 Å². The van der Waals surface area contributed by atoms with Crippen LogP contribution in [0.1, 0.15) is 10.4 Å². The molecule has 0 radical (unpaired) electrons. The lowest BCUT2D eigenvalue weighted by molar-refractivity contribution is 0.102. The van der Waals surface area contributed by atoms with Crippen molar-refractivity contribution >= 4 is 22.6 Å². The molecule has 1 amide bonds. The fourth-order valence-electron chi connectivity index (χ4n) is 2.65. The summed E-state index contributed by atoms with van der Waals surface area (Å²) in [4.78, 5) is 25.4. The Hall–Kier alpha value is -3.60. The van der Waals surface area contributed by atoms with Gasteiger partial charge in [-0.2, -0.15) is 0 Å². The molecule has 0 fully saturated rings. The van der Waals surface area contributed by atoms with E-state index in [4.69, 9.17) is 4.98 Å². The van der Waals surface area contributed by atoms with Crippen LogP contribution in [0, 0.1) is 0 Å². The fourth-order valence-corrected chi connectivity index (χ4v) is 2.65. The number of carbonyl (C=O) groups is 1. The Kier molecular flexibility index (Phi) is 3.88. The Labute approximate surface area is 144 Å². The number of anilines is 1. The third-order valence-electron chi connectivity index (χ3n) is 3.84. The number of nitrogens with zero attached hydrogens (tertiary/aromatic N) is 3. The molecule has 4 aromatic rings. The van der Waals surface area contributed by atoms with E-state index in [-0.39, 0.29) is 5.91 Å². The smallest absolute Gasteiger partial charge is 0.259 e. The monoisotopic (exact) mass is 326 g/mol. The molecule has 2 aromatic carbocycles. The third-order valence-corrected chi connectivity index (χ3v) is 3.84. The normalized spacial score (nSPS) is 10.6. The van der Waals surface area contributed by atoms with Gasteiger partial charge in [0.25, 0.3) is 5.91 Å². The number of fused-ring (bicyclic) bond motifs is 1. The molecule has 5 nitrogen and oxygen atoms in total. The number of carbonyl (C=O) groups excluding carboxylic acids is 1. The van der Waals surface area contributed by atoms with E-state index in [1.165, 1.54) is 12.4 Å². The molecular weight excluding hydrogens is 312 g/mol. The molecule has 0 aliphatic heterocycles. The third kappa shape index (κ3) is 3.07. The molecule has 0 aliphatic rings. The van der Waals surface area contributed by atoms with Gasteiger partial charge in [0, 0.05) is 23.3 Å².